The fraction of sp³-hybridized carbons (Fsp3) is 0. The van der Waals surface area contributed by atoms with Crippen LogP contribution in [0.15, 0.2) is 47.5 Å². The van der Waals surface area contributed by atoms with Gasteiger partial charge in [-0.2, -0.15) is 8.75 Å². The second-order valence-electron chi connectivity index (χ2n) is 9.80. The number of benzene rings is 3. The van der Waals surface area contributed by atoms with E-state index in [-0.39, 0.29) is 33.4 Å². The van der Waals surface area contributed by atoms with E-state index in [1.807, 2.05) is 0 Å². The molecule has 0 amide bonds. The largest absolute Gasteiger partial charge is 0.288 e. The Kier molecular flexibility index (Phi) is 5.37. The molecule has 0 N–H and O–H groups in total. The molecule has 0 unspecified atom stereocenters. The van der Waals surface area contributed by atoms with E-state index >= 15 is 0 Å². The summed E-state index contributed by atoms with van der Waals surface area (Å²) in [4.78, 5) is 52.7. The average Bonchev–Trinajstić information content (AvgIpc) is 3.78. The highest BCUT2D eigenvalue weighted by molar-refractivity contribution is 7.28. The number of thiophene rings is 2. The first-order valence-corrected chi connectivity index (χ1v) is 14.7. The quantitative estimate of drug-likeness (QED) is 0.111. The summed E-state index contributed by atoms with van der Waals surface area (Å²) in [7, 11) is 0. The summed E-state index contributed by atoms with van der Waals surface area (Å²) in [5.74, 6) is -7.74. The molecular formula is C30H8F4N2O4S3. The lowest BCUT2D eigenvalue weighted by Gasteiger charge is -1.96. The molecule has 8 rings (SSSR count). The zero-order valence-corrected chi connectivity index (χ0v) is 23.3. The third-order valence-electron chi connectivity index (χ3n) is 7.36. The van der Waals surface area contributed by atoms with Crippen LogP contribution in [0.4, 0.5) is 17.6 Å². The summed E-state index contributed by atoms with van der Waals surface area (Å²) in [6.07, 6.45) is 2.76. The zero-order chi connectivity index (χ0) is 29.9. The molecule has 3 heterocycles. The van der Waals surface area contributed by atoms with Crippen molar-refractivity contribution in [2.24, 2.45) is 0 Å². The van der Waals surface area contributed by atoms with Crippen molar-refractivity contribution in [3.63, 3.8) is 0 Å². The molecular weight excluding hydrogens is 625 g/mol. The summed E-state index contributed by atoms with van der Waals surface area (Å²) in [6, 6.07) is 6.36. The number of hydrogen-bond donors (Lipinski definition) is 0. The number of fused-ring (bicyclic) bond motifs is 8. The Balaban J connectivity index is 1.26. The molecule has 0 saturated carbocycles. The molecule has 0 fully saturated rings. The van der Waals surface area contributed by atoms with Gasteiger partial charge < -0.3 is 0 Å². The van der Waals surface area contributed by atoms with Crippen LogP contribution in [0.5, 0.6) is 0 Å². The van der Waals surface area contributed by atoms with Gasteiger partial charge in [0.2, 0.25) is 0 Å². The van der Waals surface area contributed by atoms with Crippen molar-refractivity contribution in [3.8, 4) is 0 Å². The summed E-state index contributed by atoms with van der Waals surface area (Å²) in [5, 5.41) is 1.38. The Bertz CT molecular complexity index is 2180. The van der Waals surface area contributed by atoms with Crippen LogP contribution in [0.3, 0.4) is 0 Å². The van der Waals surface area contributed by atoms with Gasteiger partial charge in [0.15, 0.2) is 46.4 Å². The van der Waals surface area contributed by atoms with Gasteiger partial charge in [0.05, 0.1) is 32.3 Å². The molecule has 208 valence electrons. The second-order valence-corrected chi connectivity index (χ2v) is 12.5. The SMILES string of the molecule is O=C1C(=Cc2cc3c4nsnc4c4cc(C=C5C(=O)c6cc(F)c(F)cc6C5=O)sc4c3s2)C(=O)c2cc(F)c(F)cc21. The number of rotatable bonds is 2. The van der Waals surface area contributed by atoms with Crippen molar-refractivity contribution >= 4 is 101 Å². The maximum atomic E-state index is 13.8. The molecule has 6 aromatic rings. The highest BCUT2D eigenvalue weighted by atomic mass is 32.1. The van der Waals surface area contributed by atoms with Crippen LogP contribution in [0.1, 0.15) is 51.2 Å². The lowest BCUT2D eigenvalue weighted by atomic mass is 10.1. The lowest BCUT2D eigenvalue weighted by molar-refractivity contribution is 0.0975. The fourth-order valence-electron chi connectivity index (χ4n) is 5.37. The molecule has 13 heteroatoms. The Morgan fingerprint density at radius 2 is 0.837 bits per heavy atom. The molecule has 2 aliphatic rings. The van der Waals surface area contributed by atoms with Gasteiger partial charge >= 0.3 is 0 Å². The first kappa shape index (κ1) is 25.9. The number of Topliss-reactive ketones (excluding diaryl/α,β-unsaturated/α-hetero) is 4. The molecule has 0 spiro atoms. The van der Waals surface area contributed by atoms with Crippen molar-refractivity contribution < 1.29 is 36.7 Å². The zero-order valence-electron chi connectivity index (χ0n) is 20.9. The molecule has 3 aromatic heterocycles. The smallest absolute Gasteiger partial charge is 0.197 e. The summed E-state index contributed by atoms with van der Waals surface area (Å²) in [6.45, 7) is 0. The van der Waals surface area contributed by atoms with E-state index in [2.05, 4.69) is 8.75 Å². The van der Waals surface area contributed by atoms with Gasteiger partial charge in [-0.3, -0.25) is 19.2 Å². The third kappa shape index (κ3) is 3.62. The first-order chi connectivity index (χ1) is 20.6. The van der Waals surface area contributed by atoms with E-state index < -0.39 is 46.4 Å². The van der Waals surface area contributed by atoms with E-state index in [0.717, 1.165) is 45.4 Å². The molecule has 6 nitrogen and oxygen atoms in total. The molecule has 0 saturated heterocycles. The van der Waals surface area contributed by atoms with Crippen molar-refractivity contribution in [1.82, 2.24) is 8.75 Å². The van der Waals surface area contributed by atoms with Crippen LogP contribution in [-0.2, 0) is 0 Å². The Hall–Kier alpha value is -4.72. The van der Waals surface area contributed by atoms with Crippen LogP contribution in [0, 0.1) is 23.3 Å². The number of carbonyl (C=O) groups excluding carboxylic acids is 4. The van der Waals surface area contributed by atoms with Crippen LogP contribution < -0.4 is 0 Å². The molecule has 0 atom stereocenters. The number of aromatic nitrogens is 2. The summed E-state index contributed by atoms with van der Waals surface area (Å²) < 4.78 is 65.4. The topological polar surface area (TPSA) is 94.1 Å². The standard InChI is InChI=1S/C30H8F4N2O4S3/c31-19-5-11-12(6-20(19)32)26(38)17(25(11)37)3-9-1-15-23-24(36-43-35-23)16-2-10(42-30(16)29(15)41-9)4-18-27(39)13-7-21(33)22(34)8-14(13)28(18)40/h1-8H. The molecule has 0 bridgehead atoms. The van der Waals surface area contributed by atoms with Gasteiger partial charge in [-0.05, 0) is 48.6 Å². The minimum Gasteiger partial charge on any atom is -0.288 e. The van der Waals surface area contributed by atoms with Crippen molar-refractivity contribution in [2.75, 3.05) is 0 Å². The number of ketones is 4. The Morgan fingerprint density at radius 3 is 1.16 bits per heavy atom. The monoisotopic (exact) mass is 632 g/mol. The first-order valence-electron chi connectivity index (χ1n) is 12.3. The van der Waals surface area contributed by atoms with E-state index in [4.69, 9.17) is 0 Å². The minimum atomic E-state index is -1.23. The maximum Gasteiger partial charge on any atom is 0.197 e. The van der Waals surface area contributed by atoms with Gasteiger partial charge in [0.1, 0.15) is 11.0 Å². The van der Waals surface area contributed by atoms with Gasteiger partial charge in [-0.1, -0.05) is 0 Å². The number of hydrogen-bond acceptors (Lipinski definition) is 9. The normalized spacial score (nSPS) is 14.6. The van der Waals surface area contributed by atoms with E-state index in [0.29, 0.717) is 31.6 Å². The van der Waals surface area contributed by atoms with Gasteiger partial charge in [-0.25, -0.2) is 17.6 Å². The number of allylic oxidation sites excluding steroid dienone is 2. The van der Waals surface area contributed by atoms with E-state index in [9.17, 15) is 36.7 Å². The second kappa shape index (κ2) is 8.89. The Labute approximate surface area is 248 Å². The maximum absolute atomic E-state index is 13.8. The number of nitrogens with zero attached hydrogens (tertiary/aromatic N) is 2. The van der Waals surface area contributed by atoms with E-state index in [1.165, 1.54) is 34.8 Å². The fourth-order valence-corrected chi connectivity index (χ4v) is 8.31. The molecule has 0 aliphatic heterocycles. The third-order valence-corrected chi connectivity index (χ3v) is 10.2. The average molecular weight is 633 g/mol. The van der Waals surface area contributed by atoms with Crippen LogP contribution in [0.25, 0.3) is 43.4 Å². The molecule has 43 heavy (non-hydrogen) atoms. The molecule has 0 radical (unpaired) electrons. The molecule has 2 aliphatic carbocycles. The van der Waals surface area contributed by atoms with Crippen molar-refractivity contribution in [1.29, 1.82) is 0 Å². The number of halogens is 4. The summed E-state index contributed by atoms with van der Waals surface area (Å²) in [5.41, 5.74) is -0.140. The Morgan fingerprint density at radius 1 is 0.512 bits per heavy atom. The van der Waals surface area contributed by atoms with Crippen molar-refractivity contribution in [2.45, 2.75) is 0 Å². The van der Waals surface area contributed by atoms with Crippen LogP contribution in [-0.4, -0.2) is 31.9 Å². The van der Waals surface area contributed by atoms with Crippen LogP contribution >= 0.6 is 34.4 Å². The van der Waals surface area contributed by atoms with Gasteiger partial charge in [0, 0.05) is 42.8 Å². The predicted octanol–water partition coefficient (Wildman–Crippen LogP) is 7.60. The summed E-state index contributed by atoms with van der Waals surface area (Å²) >= 11 is 3.48. The highest BCUT2D eigenvalue weighted by Gasteiger charge is 2.36. The van der Waals surface area contributed by atoms with Gasteiger partial charge in [-0.15, -0.1) is 22.7 Å². The predicted molar refractivity (Wildman–Crippen MR) is 154 cm³/mol. The van der Waals surface area contributed by atoms with Crippen molar-refractivity contribution in [3.05, 3.63) is 103 Å². The van der Waals surface area contributed by atoms with E-state index in [1.54, 1.807) is 12.1 Å². The lowest BCUT2D eigenvalue weighted by Crippen LogP contribution is -1.99. The number of carbonyl (C=O) groups is 4. The van der Waals surface area contributed by atoms with Gasteiger partial charge in [0.25, 0.3) is 0 Å². The minimum absolute atomic E-state index is 0.204. The molecule has 3 aromatic carbocycles. The highest BCUT2D eigenvalue weighted by Crippen LogP contribution is 2.44. The van der Waals surface area contributed by atoms with Crippen LogP contribution in [0.2, 0.25) is 0 Å².